The summed E-state index contributed by atoms with van der Waals surface area (Å²) in [5, 5.41) is 11.8. The SMILES string of the molecule is [NH3+]CCc1c(C(=O)[O-])[nH]c2ccccc12. The summed E-state index contributed by atoms with van der Waals surface area (Å²) in [6.07, 6.45) is 0.646. The highest BCUT2D eigenvalue weighted by molar-refractivity contribution is 5.96. The summed E-state index contributed by atoms with van der Waals surface area (Å²) in [6.45, 7) is 0.669. The van der Waals surface area contributed by atoms with E-state index in [4.69, 9.17) is 0 Å². The summed E-state index contributed by atoms with van der Waals surface area (Å²) in [5.41, 5.74) is 5.55. The smallest absolute Gasteiger partial charge is 0.0881 e. The van der Waals surface area contributed by atoms with Crippen molar-refractivity contribution in [3.05, 3.63) is 35.5 Å². The van der Waals surface area contributed by atoms with Crippen molar-refractivity contribution in [1.82, 2.24) is 4.98 Å². The molecule has 1 aromatic heterocycles. The maximum absolute atomic E-state index is 10.9. The number of aromatic carboxylic acids is 1. The first kappa shape index (κ1) is 9.73. The van der Waals surface area contributed by atoms with E-state index in [1.807, 2.05) is 24.3 Å². The quantitative estimate of drug-likeness (QED) is 0.694. The fraction of sp³-hybridized carbons (Fsp3) is 0.182. The fourth-order valence-corrected chi connectivity index (χ4v) is 1.81. The van der Waals surface area contributed by atoms with Gasteiger partial charge in [-0.2, -0.15) is 0 Å². The number of carboxylic acid groups (broad SMARTS) is 1. The van der Waals surface area contributed by atoms with Crippen LogP contribution in [0.1, 0.15) is 16.1 Å². The third-order valence-corrected chi connectivity index (χ3v) is 2.44. The standard InChI is InChI=1S/C11H12N2O2/c12-6-5-8-7-3-1-2-4-9(7)13-10(8)11(14)15/h1-4,13H,5-6,12H2,(H,14,15). The van der Waals surface area contributed by atoms with Gasteiger partial charge in [-0.1, -0.05) is 18.2 Å². The Labute approximate surface area is 86.7 Å². The van der Waals surface area contributed by atoms with Crippen molar-refractivity contribution >= 4 is 16.9 Å². The molecule has 1 aromatic carbocycles. The highest BCUT2D eigenvalue weighted by Crippen LogP contribution is 2.21. The van der Waals surface area contributed by atoms with Gasteiger partial charge >= 0.3 is 0 Å². The minimum Gasteiger partial charge on any atom is -0.543 e. The van der Waals surface area contributed by atoms with Crippen LogP contribution in [0, 0.1) is 0 Å². The number of nitrogens with one attached hydrogen (secondary N) is 1. The van der Waals surface area contributed by atoms with Crippen LogP contribution in [0.25, 0.3) is 10.9 Å². The molecule has 0 radical (unpaired) electrons. The van der Waals surface area contributed by atoms with Crippen molar-refractivity contribution in [3.63, 3.8) is 0 Å². The summed E-state index contributed by atoms with van der Waals surface area (Å²) >= 11 is 0. The van der Waals surface area contributed by atoms with Crippen molar-refractivity contribution in [2.75, 3.05) is 6.54 Å². The molecule has 4 heteroatoms. The van der Waals surface area contributed by atoms with Gasteiger partial charge in [-0.05, 0) is 11.6 Å². The van der Waals surface area contributed by atoms with Crippen LogP contribution < -0.4 is 10.8 Å². The summed E-state index contributed by atoms with van der Waals surface area (Å²) in [6, 6.07) is 7.52. The molecule has 0 bridgehead atoms. The molecular weight excluding hydrogens is 192 g/mol. The second-order valence-electron chi connectivity index (χ2n) is 3.42. The summed E-state index contributed by atoms with van der Waals surface area (Å²) in [4.78, 5) is 13.8. The van der Waals surface area contributed by atoms with Gasteiger partial charge in [0.05, 0.1) is 18.2 Å². The number of aromatic nitrogens is 1. The number of carbonyl (C=O) groups is 1. The predicted octanol–water partition coefficient (Wildman–Crippen LogP) is -0.684. The van der Waals surface area contributed by atoms with Crippen molar-refractivity contribution in [2.24, 2.45) is 0 Å². The first-order valence-electron chi connectivity index (χ1n) is 4.84. The van der Waals surface area contributed by atoms with Crippen molar-refractivity contribution in [3.8, 4) is 0 Å². The van der Waals surface area contributed by atoms with Gasteiger partial charge in [-0.3, -0.25) is 0 Å². The zero-order valence-electron chi connectivity index (χ0n) is 8.25. The molecule has 15 heavy (non-hydrogen) atoms. The van der Waals surface area contributed by atoms with Crippen LogP contribution in [-0.4, -0.2) is 17.5 Å². The fourth-order valence-electron chi connectivity index (χ4n) is 1.81. The van der Waals surface area contributed by atoms with Crippen LogP contribution in [0.5, 0.6) is 0 Å². The molecule has 0 aliphatic heterocycles. The largest absolute Gasteiger partial charge is 0.543 e. The van der Waals surface area contributed by atoms with Gasteiger partial charge in [0.15, 0.2) is 0 Å². The Morgan fingerprint density at radius 2 is 2.13 bits per heavy atom. The van der Waals surface area contributed by atoms with Crippen LogP contribution in [0.4, 0.5) is 0 Å². The highest BCUT2D eigenvalue weighted by Gasteiger charge is 2.11. The number of benzene rings is 1. The van der Waals surface area contributed by atoms with E-state index in [9.17, 15) is 9.90 Å². The molecule has 0 saturated carbocycles. The number of quaternary nitrogens is 1. The lowest BCUT2D eigenvalue weighted by Crippen LogP contribution is -2.51. The van der Waals surface area contributed by atoms with Gasteiger partial charge in [0.2, 0.25) is 0 Å². The van der Waals surface area contributed by atoms with Crippen LogP contribution in [0.3, 0.4) is 0 Å². The summed E-state index contributed by atoms with van der Waals surface area (Å²) in [5.74, 6) is -1.16. The molecule has 78 valence electrons. The van der Waals surface area contributed by atoms with Gasteiger partial charge in [-0.15, -0.1) is 0 Å². The molecule has 0 amide bonds. The van der Waals surface area contributed by atoms with Gasteiger partial charge in [0.1, 0.15) is 0 Å². The Hall–Kier alpha value is -1.81. The van der Waals surface area contributed by atoms with Crippen molar-refractivity contribution in [2.45, 2.75) is 6.42 Å². The molecule has 2 aromatic rings. The molecule has 0 aliphatic carbocycles. The second kappa shape index (κ2) is 3.74. The lowest BCUT2D eigenvalue weighted by Gasteiger charge is -2.02. The number of H-pyrrole nitrogens is 1. The zero-order chi connectivity index (χ0) is 10.8. The molecule has 2 rings (SSSR count). The number of carboxylic acids is 1. The number of hydrogen-bond acceptors (Lipinski definition) is 2. The number of para-hydroxylation sites is 1. The van der Waals surface area contributed by atoms with E-state index >= 15 is 0 Å². The second-order valence-corrected chi connectivity index (χ2v) is 3.42. The first-order valence-corrected chi connectivity index (χ1v) is 4.84. The third kappa shape index (κ3) is 1.59. The Balaban J connectivity index is 2.68. The molecule has 0 unspecified atom stereocenters. The van der Waals surface area contributed by atoms with Crippen LogP contribution in [0.2, 0.25) is 0 Å². The minimum absolute atomic E-state index is 0.180. The van der Waals surface area contributed by atoms with E-state index in [2.05, 4.69) is 10.7 Å². The molecule has 0 saturated heterocycles. The van der Waals surface area contributed by atoms with E-state index in [-0.39, 0.29) is 5.69 Å². The van der Waals surface area contributed by atoms with Gasteiger partial charge < -0.3 is 20.6 Å². The average Bonchev–Trinajstić information content (AvgIpc) is 2.58. The molecule has 4 N–H and O–H groups in total. The number of carbonyl (C=O) groups excluding carboxylic acids is 1. The number of hydrogen-bond donors (Lipinski definition) is 2. The Morgan fingerprint density at radius 1 is 1.40 bits per heavy atom. The molecule has 0 fully saturated rings. The lowest BCUT2D eigenvalue weighted by atomic mass is 10.1. The zero-order valence-corrected chi connectivity index (χ0v) is 8.25. The monoisotopic (exact) mass is 204 g/mol. The maximum atomic E-state index is 10.9. The van der Waals surface area contributed by atoms with Gasteiger partial charge in [0, 0.05) is 17.3 Å². The summed E-state index contributed by atoms with van der Waals surface area (Å²) in [7, 11) is 0. The van der Waals surface area contributed by atoms with E-state index in [0.29, 0.717) is 13.0 Å². The molecular formula is C11H12N2O2. The lowest BCUT2D eigenvalue weighted by molar-refractivity contribution is -0.366. The number of rotatable bonds is 3. The molecule has 0 spiro atoms. The Kier molecular flexibility index (Phi) is 2.43. The predicted molar refractivity (Wildman–Crippen MR) is 54.1 cm³/mol. The summed E-state index contributed by atoms with van der Waals surface area (Å²) < 4.78 is 0. The average molecular weight is 204 g/mol. The Morgan fingerprint density at radius 3 is 2.80 bits per heavy atom. The van der Waals surface area contributed by atoms with E-state index in [0.717, 1.165) is 16.5 Å². The van der Waals surface area contributed by atoms with Crippen molar-refractivity contribution < 1.29 is 15.6 Å². The van der Waals surface area contributed by atoms with Gasteiger partial charge in [0.25, 0.3) is 0 Å². The number of aromatic amines is 1. The van der Waals surface area contributed by atoms with E-state index in [1.54, 1.807) is 0 Å². The van der Waals surface area contributed by atoms with Crippen LogP contribution in [0.15, 0.2) is 24.3 Å². The molecule has 1 heterocycles. The molecule has 0 atom stereocenters. The third-order valence-electron chi connectivity index (χ3n) is 2.44. The molecule has 0 aliphatic rings. The van der Waals surface area contributed by atoms with Crippen LogP contribution in [-0.2, 0) is 6.42 Å². The highest BCUT2D eigenvalue weighted by atomic mass is 16.4. The maximum Gasteiger partial charge on any atom is 0.0881 e. The van der Waals surface area contributed by atoms with Gasteiger partial charge in [-0.25, -0.2) is 0 Å². The topological polar surface area (TPSA) is 83.6 Å². The number of fused-ring (bicyclic) bond motifs is 1. The minimum atomic E-state index is -1.16. The van der Waals surface area contributed by atoms with E-state index in [1.165, 1.54) is 0 Å². The first-order chi connectivity index (χ1) is 7.24. The Bertz CT molecular complexity index is 502. The van der Waals surface area contributed by atoms with E-state index < -0.39 is 5.97 Å². The van der Waals surface area contributed by atoms with Crippen LogP contribution >= 0.6 is 0 Å². The molecule has 4 nitrogen and oxygen atoms in total. The van der Waals surface area contributed by atoms with Crippen molar-refractivity contribution in [1.29, 1.82) is 0 Å². The normalized spacial score (nSPS) is 10.7.